The molecule has 90 valence electrons. The van der Waals surface area contributed by atoms with E-state index in [0.29, 0.717) is 26.2 Å². The van der Waals surface area contributed by atoms with Crippen LogP contribution < -0.4 is 5.32 Å². The van der Waals surface area contributed by atoms with Crippen molar-refractivity contribution in [3.05, 3.63) is 0 Å². The number of amides is 2. The number of aliphatic hydroxyl groups is 1. The summed E-state index contributed by atoms with van der Waals surface area (Å²) in [5.74, 6) is -0.324. The van der Waals surface area contributed by atoms with Crippen LogP contribution in [0.2, 0.25) is 0 Å². The Hall–Kier alpha value is -1.14. The first kappa shape index (κ1) is 11.3. The topological polar surface area (TPSA) is 78.9 Å². The standard InChI is InChI=1S/C10H16N2O4/c13-6-8-5-12(1-2-16-8)10(15)7-3-9(14)11-4-7/h7-8,13H,1-6H2,(H,11,14). The first-order valence-electron chi connectivity index (χ1n) is 5.48. The van der Waals surface area contributed by atoms with Gasteiger partial charge in [-0.3, -0.25) is 9.59 Å². The molecule has 2 aliphatic rings. The van der Waals surface area contributed by atoms with Crippen molar-refractivity contribution < 1.29 is 19.4 Å². The fourth-order valence-corrected chi connectivity index (χ4v) is 2.07. The lowest BCUT2D eigenvalue weighted by Crippen LogP contribution is -2.49. The van der Waals surface area contributed by atoms with Gasteiger partial charge in [-0.15, -0.1) is 0 Å². The molecule has 6 heteroatoms. The molecule has 0 radical (unpaired) electrons. The molecule has 16 heavy (non-hydrogen) atoms. The van der Waals surface area contributed by atoms with Crippen LogP contribution in [0.25, 0.3) is 0 Å². The van der Waals surface area contributed by atoms with Crippen molar-refractivity contribution in [2.24, 2.45) is 5.92 Å². The number of hydrogen-bond donors (Lipinski definition) is 2. The maximum absolute atomic E-state index is 12.0. The summed E-state index contributed by atoms with van der Waals surface area (Å²) in [4.78, 5) is 24.7. The summed E-state index contributed by atoms with van der Waals surface area (Å²) >= 11 is 0. The highest BCUT2D eigenvalue weighted by Gasteiger charge is 2.33. The van der Waals surface area contributed by atoms with Crippen LogP contribution in [0.15, 0.2) is 0 Å². The molecular weight excluding hydrogens is 212 g/mol. The molecule has 2 fully saturated rings. The molecule has 2 N–H and O–H groups in total. The second-order valence-corrected chi connectivity index (χ2v) is 4.16. The van der Waals surface area contributed by atoms with E-state index in [0.717, 1.165) is 0 Å². The van der Waals surface area contributed by atoms with Gasteiger partial charge in [0.05, 0.1) is 25.2 Å². The van der Waals surface area contributed by atoms with Gasteiger partial charge in [0.15, 0.2) is 0 Å². The number of aliphatic hydroxyl groups excluding tert-OH is 1. The summed E-state index contributed by atoms with van der Waals surface area (Å²) in [7, 11) is 0. The van der Waals surface area contributed by atoms with Crippen molar-refractivity contribution in [1.82, 2.24) is 10.2 Å². The third-order valence-electron chi connectivity index (χ3n) is 2.98. The van der Waals surface area contributed by atoms with Gasteiger partial charge in [0, 0.05) is 26.1 Å². The highest BCUT2D eigenvalue weighted by molar-refractivity contribution is 5.89. The lowest BCUT2D eigenvalue weighted by atomic mass is 10.1. The Bertz CT molecular complexity index is 295. The number of carbonyl (C=O) groups is 2. The van der Waals surface area contributed by atoms with E-state index in [-0.39, 0.29) is 36.9 Å². The fourth-order valence-electron chi connectivity index (χ4n) is 2.07. The van der Waals surface area contributed by atoms with Crippen LogP contribution in [0.3, 0.4) is 0 Å². The third-order valence-corrected chi connectivity index (χ3v) is 2.98. The summed E-state index contributed by atoms with van der Waals surface area (Å²) in [6.45, 7) is 1.76. The predicted molar refractivity (Wildman–Crippen MR) is 54.5 cm³/mol. The molecule has 6 nitrogen and oxygen atoms in total. The highest BCUT2D eigenvalue weighted by atomic mass is 16.5. The molecule has 2 amide bonds. The van der Waals surface area contributed by atoms with E-state index in [1.165, 1.54) is 0 Å². The molecule has 0 aromatic heterocycles. The van der Waals surface area contributed by atoms with Crippen LogP contribution in [0, 0.1) is 5.92 Å². The summed E-state index contributed by atoms with van der Waals surface area (Å²) in [5.41, 5.74) is 0. The van der Waals surface area contributed by atoms with Crippen molar-refractivity contribution in [3.8, 4) is 0 Å². The summed E-state index contributed by atoms with van der Waals surface area (Å²) < 4.78 is 5.26. The van der Waals surface area contributed by atoms with Crippen molar-refractivity contribution in [2.45, 2.75) is 12.5 Å². The third kappa shape index (κ3) is 2.33. The maximum Gasteiger partial charge on any atom is 0.228 e. The second-order valence-electron chi connectivity index (χ2n) is 4.16. The Balaban J connectivity index is 1.91. The molecule has 2 atom stereocenters. The number of ether oxygens (including phenoxy) is 1. The van der Waals surface area contributed by atoms with Gasteiger partial charge < -0.3 is 20.1 Å². The van der Waals surface area contributed by atoms with Gasteiger partial charge in [0.2, 0.25) is 11.8 Å². The van der Waals surface area contributed by atoms with Crippen LogP contribution in [-0.2, 0) is 14.3 Å². The monoisotopic (exact) mass is 228 g/mol. The average Bonchev–Trinajstić information content (AvgIpc) is 2.75. The van der Waals surface area contributed by atoms with Gasteiger partial charge in [-0.1, -0.05) is 0 Å². The van der Waals surface area contributed by atoms with E-state index in [2.05, 4.69) is 5.32 Å². The van der Waals surface area contributed by atoms with Crippen molar-refractivity contribution in [2.75, 3.05) is 32.8 Å². The predicted octanol–water partition coefficient (Wildman–Crippen LogP) is -1.66. The van der Waals surface area contributed by atoms with E-state index in [1.807, 2.05) is 0 Å². The Morgan fingerprint density at radius 1 is 1.62 bits per heavy atom. The molecule has 2 heterocycles. The van der Waals surface area contributed by atoms with Gasteiger partial charge in [-0.2, -0.15) is 0 Å². The second kappa shape index (κ2) is 4.80. The lowest BCUT2D eigenvalue weighted by molar-refractivity contribution is -0.144. The zero-order valence-electron chi connectivity index (χ0n) is 9.02. The van der Waals surface area contributed by atoms with Gasteiger partial charge in [0.1, 0.15) is 0 Å². The van der Waals surface area contributed by atoms with Crippen LogP contribution in [0.4, 0.5) is 0 Å². The first-order chi connectivity index (χ1) is 7.70. The summed E-state index contributed by atoms with van der Waals surface area (Å²) in [6, 6.07) is 0. The fraction of sp³-hybridized carbons (Fsp3) is 0.800. The molecule has 2 rings (SSSR count). The minimum atomic E-state index is -0.289. The minimum Gasteiger partial charge on any atom is -0.394 e. The molecule has 0 bridgehead atoms. The van der Waals surface area contributed by atoms with Gasteiger partial charge in [-0.25, -0.2) is 0 Å². The molecule has 0 aliphatic carbocycles. The first-order valence-corrected chi connectivity index (χ1v) is 5.48. The normalized spacial score (nSPS) is 30.3. The van der Waals surface area contributed by atoms with E-state index < -0.39 is 0 Å². The zero-order valence-corrected chi connectivity index (χ0v) is 9.02. The average molecular weight is 228 g/mol. The Labute approximate surface area is 93.6 Å². The van der Waals surface area contributed by atoms with Crippen molar-refractivity contribution >= 4 is 11.8 Å². The number of nitrogens with one attached hydrogen (secondary N) is 1. The van der Waals surface area contributed by atoms with Crippen LogP contribution >= 0.6 is 0 Å². The van der Waals surface area contributed by atoms with Gasteiger partial charge in [-0.05, 0) is 0 Å². The van der Waals surface area contributed by atoms with E-state index in [4.69, 9.17) is 9.84 Å². The zero-order chi connectivity index (χ0) is 11.5. The number of carbonyl (C=O) groups excluding carboxylic acids is 2. The van der Waals surface area contributed by atoms with Crippen LogP contribution in [-0.4, -0.2) is 60.8 Å². The van der Waals surface area contributed by atoms with Crippen LogP contribution in [0.1, 0.15) is 6.42 Å². The minimum absolute atomic E-state index is 0.0138. The molecule has 2 saturated heterocycles. The Morgan fingerprint density at radius 3 is 3.06 bits per heavy atom. The smallest absolute Gasteiger partial charge is 0.228 e. The van der Waals surface area contributed by atoms with E-state index in [9.17, 15) is 9.59 Å². The summed E-state index contributed by atoms with van der Waals surface area (Å²) in [6.07, 6.45) is -0.0113. The van der Waals surface area contributed by atoms with E-state index >= 15 is 0 Å². The quantitative estimate of drug-likeness (QED) is 0.593. The molecule has 0 aromatic carbocycles. The molecule has 0 spiro atoms. The van der Waals surface area contributed by atoms with Gasteiger partial charge in [0.25, 0.3) is 0 Å². The number of hydrogen-bond acceptors (Lipinski definition) is 4. The number of morpholine rings is 1. The molecule has 2 aliphatic heterocycles. The molecule has 0 aromatic rings. The van der Waals surface area contributed by atoms with Crippen LogP contribution in [0.5, 0.6) is 0 Å². The lowest BCUT2D eigenvalue weighted by Gasteiger charge is -2.33. The Kier molecular flexibility index (Phi) is 3.40. The SMILES string of the molecule is O=C1CC(C(=O)N2CCOC(CO)C2)CN1. The molecule has 2 unspecified atom stereocenters. The number of rotatable bonds is 2. The summed E-state index contributed by atoms with van der Waals surface area (Å²) in [5, 5.41) is 11.6. The Morgan fingerprint density at radius 2 is 2.44 bits per heavy atom. The maximum atomic E-state index is 12.0. The van der Waals surface area contributed by atoms with Crippen molar-refractivity contribution in [3.63, 3.8) is 0 Å². The van der Waals surface area contributed by atoms with Gasteiger partial charge >= 0.3 is 0 Å². The van der Waals surface area contributed by atoms with Crippen molar-refractivity contribution in [1.29, 1.82) is 0 Å². The highest BCUT2D eigenvalue weighted by Crippen LogP contribution is 2.15. The molecular formula is C10H16N2O4. The largest absolute Gasteiger partial charge is 0.394 e. The molecule has 0 saturated carbocycles. The number of nitrogens with zero attached hydrogens (tertiary/aromatic N) is 1. The van der Waals surface area contributed by atoms with E-state index in [1.54, 1.807) is 4.90 Å².